The fourth-order valence-corrected chi connectivity index (χ4v) is 2.11. The van der Waals surface area contributed by atoms with Gasteiger partial charge in [-0.25, -0.2) is 4.79 Å². The summed E-state index contributed by atoms with van der Waals surface area (Å²) in [7, 11) is 0. The molecule has 2 aromatic carbocycles. The number of benzene rings is 2. The summed E-state index contributed by atoms with van der Waals surface area (Å²) in [5, 5.41) is 3.88. The highest BCUT2D eigenvalue weighted by Crippen LogP contribution is 2.20. The molecule has 0 aliphatic carbocycles. The molecule has 0 aliphatic heterocycles. The number of rotatable bonds is 5. The number of carbonyl (C=O) groups excluding carboxylic acids is 2. The molecule has 0 saturated carbocycles. The Balaban J connectivity index is 1.62. The van der Waals surface area contributed by atoms with Crippen molar-refractivity contribution >= 4 is 11.9 Å². The molecule has 1 heterocycles. The normalized spacial score (nSPS) is 10.3. The first kappa shape index (κ1) is 15.5. The second-order valence-electron chi connectivity index (χ2n) is 5.07. The molecule has 0 radical (unpaired) electrons. The summed E-state index contributed by atoms with van der Waals surface area (Å²) in [6, 6.07) is 17.1. The zero-order valence-corrected chi connectivity index (χ0v) is 12.6. The minimum atomic E-state index is -0.550. The summed E-state index contributed by atoms with van der Waals surface area (Å²) >= 11 is 0. The van der Waals surface area contributed by atoms with Crippen molar-refractivity contribution in [2.45, 2.75) is 6.61 Å². The van der Waals surface area contributed by atoms with Crippen molar-refractivity contribution in [3.05, 3.63) is 77.5 Å². The van der Waals surface area contributed by atoms with Gasteiger partial charge in [0.2, 0.25) is 5.91 Å². The molecule has 6 nitrogen and oxygen atoms in total. The molecule has 0 saturated heterocycles. The third-order valence-electron chi connectivity index (χ3n) is 3.37. The maximum Gasteiger partial charge on any atom is 0.338 e. The monoisotopic (exact) mass is 322 g/mol. The van der Waals surface area contributed by atoms with E-state index in [1.165, 1.54) is 24.3 Å². The van der Waals surface area contributed by atoms with Crippen molar-refractivity contribution in [2.75, 3.05) is 0 Å². The summed E-state index contributed by atoms with van der Waals surface area (Å²) in [6.45, 7) is -0.00720. The summed E-state index contributed by atoms with van der Waals surface area (Å²) in [5.41, 5.74) is 7.21. The standard InChI is InChI=1S/C18H14N2O4/c19-17(21)13-6-8-14(9-7-13)18(22)23-11-15-10-16(24-20-15)12-4-2-1-3-5-12/h1-10H,11H2,(H2,19,21). The van der Waals surface area contributed by atoms with Gasteiger partial charge < -0.3 is 15.0 Å². The molecule has 2 N–H and O–H groups in total. The number of primary amides is 1. The van der Waals surface area contributed by atoms with Gasteiger partial charge in [0.05, 0.1) is 5.56 Å². The van der Waals surface area contributed by atoms with Gasteiger partial charge >= 0.3 is 5.97 Å². The highest BCUT2D eigenvalue weighted by molar-refractivity contribution is 5.95. The van der Waals surface area contributed by atoms with Crippen molar-refractivity contribution in [3.8, 4) is 11.3 Å². The van der Waals surface area contributed by atoms with Crippen LogP contribution in [0, 0.1) is 0 Å². The Hall–Kier alpha value is -3.41. The van der Waals surface area contributed by atoms with E-state index in [1.807, 2.05) is 30.3 Å². The van der Waals surface area contributed by atoms with E-state index in [0.717, 1.165) is 5.56 Å². The minimum absolute atomic E-state index is 0.00720. The van der Waals surface area contributed by atoms with Gasteiger partial charge in [-0.2, -0.15) is 0 Å². The first-order chi connectivity index (χ1) is 11.6. The van der Waals surface area contributed by atoms with E-state index in [1.54, 1.807) is 6.07 Å². The molecule has 0 bridgehead atoms. The summed E-state index contributed by atoms with van der Waals surface area (Å²) < 4.78 is 10.4. The van der Waals surface area contributed by atoms with Gasteiger partial charge in [-0.05, 0) is 24.3 Å². The summed E-state index contributed by atoms with van der Waals surface area (Å²) in [6.07, 6.45) is 0. The van der Waals surface area contributed by atoms with Crippen LogP contribution in [0.5, 0.6) is 0 Å². The molecule has 6 heteroatoms. The van der Waals surface area contributed by atoms with Crippen LogP contribution in [0.1, 0.15) is 26.4 Å². The first-order valence-corrected chi connectivity index (χ1v) is 7.21. The number of hydrogen-bond acceptors (Lipinski definition) is 5. The molecule has 1 amide bonds. The molecule has 1 aromatic heterocycles. The minimum Gasteiger partial charge on any atom is -0.455 e. The van der Waals surface area contributed by atoms with Crippen LogP contribution in [0.3, 0.4) is 0 Å². The average Bonchev–Trinajstić information content (AvgIpc) is 3.09. The first-order valence-electron chi connectivity index (χ1n) is 7.21. The van der Waals surface area contributed by atoms with E-state index in [9.17, 15) is 9.59 Å². The molecule has 0 fully saturated rings. The number of esters is 1. The number of carbonyl (C=O) groups is 2. The number of hydrogen-bond donors (Lipinski definition) is 1. The number of aromatic nitrogens is 1. The Morgan fingerprint density at radius 1 is 1.00 bits per heavy atom. The van der Waals surface area contributed by atoms with E-state index in [0.29, 0.717) is 22.6 Å². The molecule has 0 unspecified atom stereocenters. The Morgan fingerprint density at radius 3 is 2.33 bits per heavy atom. The molecule has 3 aromatic rings. The van der Waals surface area contributed by atoms with E-state index in [4.69, 9.17) is 15.0 Å². The quantitative estimate of drug-likeness (QED) is 0.729. The van der Waals surface area contributed by atoms with Crippen LogP contribution >= 0.6 is 0 Å². The molecular formula is C18H14N2O4. The average molecular weight is 322 g/mol. The second kappa shape index (κ2) is 6.78. The van der Waals surface area contributed by atoms with E-state index < -0.39 is 11.9 Å². The maximum absolute atomic E-state index is 12.0. The Labute approximate surface area is 137 Å². The number of nitrogens with zero attached hydrogens (tertiary/aromatic N) is 1. The van der Waals surface area contributed by atoms with Crippen molar-refractivity contribution in [2.24, 2.45) is 5.73 Å². The van der Waals surface area contributed by atoms with Crippen molar-refractivity contribution < 1.29 is 18.8 Å². The van der Waals surface area contributed by atoms with Crippen LogP contribution in [-0.2, 0) is 11.3 Å². The van der Waals surface area contributed by atoms with Crippen LogP contribution in [0.4, 0.5) is 0 Å². The number of amides is 1. The SMILES string of the molecule is NC(=O)c1ccc(C(=O)OCc2cc(-c3ccccc3)on2)cc1. The molecular weight excluding hydrogens is 308 g/mol. The summed E-state index contributed by atoms with van der Waals surface area (Å²) in [5.74, 6) is -0.464. The van der Waals surface area contributed by atoms with Crippen LogP contribution in [0.15, 0.2) is 65.2 Å². The highest BCUT2D eigenvalue weighted by atomic mass is 16.5. The smallest absolute Gasteiger partial charge is 0.338 e. The second-order valence-corrected chi connectivity index (χ2v) is 5.07. The van der Waals surface area contributed by atoms with Gasteiger partial charge in [0.25, 0.3) is 0 Å². The predicted octanol–water partition coefficient (Wildman–Crippen LogP) is 2.80. The molecule has 0 spiro atoms. The van der Waals surface area contributed by atoms with Gasteiger partial charge in [0.15, 0.2) is 5.76 Å². The molecule has 0 aliphatic rings. The zero-order chi connectivity index (χ0) is 16.9. The Kier molecular flexibility index (Phi) is 4.38. The van der Waals surface area contributed by atoms with Crippen molar-refractivity contribution in [3.63, 3.8) is 0 Å². The lowest BCUT2D eigenvalue weighted by Crippen LogP contribution is -2.11. The van der Waals surface area contributed by atoms with E-state index in [-0.39, 0.29) is 6.61 Å². The van der Waals surface area contributed by atoms with Crippen LogP contribution in [-0.4, -0.2) is 17.0 Å². The fourth-order valence-electron chi connectivity index (χ4n) is 2.11. The van der Waals surface area contributed by atoms with Gasteiger partial charge in [-0.15, -0.1) is 0 Å². The van der Waals surface area contributed by atoms with E-state index in [2.05, 4.69) is 5.16 Å². The molecule has 24 heavy (non-hydrogen) atoms. The fraction of sp³-hybridized carbons (Fsp3) is 0.0556. The van der Waals surface area contributed by atoms with Crippen LogP contribution in [0.2, 0.25) is 0 Å². The van der Waals surface area contributed by atoms with Crippen LogP contribution < -0.4 is 5.73 Å². The number of nitrogens with two attached hydrogens (primary N) is 1. The third-order valence-corrected chi connectivity index (χ3v) is 3.37. The van der Waals surface area contributed by atoms with Crippen molar-refractivity contribution in [1.29, 1.82) is 0 Å². The lowest BCUT2D eigenvalue weighted by Gasteiger charge is -2.03. The van der Waals surface area contributed by atoms with Gasteiger partial charge in [0.1, 0.15) is 12.3 Å². The largest absolute Gasteiger partial charge is 0.455 e. The van der Waals surface area contributed by atoms with Crippen LogP contribution in [0.25, 0.3) is 11.3 Å². The third kappa shape index (κ3) is 3.49. The van der Waals surface area contributed by atoms with Gasteiger partial charge in [-0.1, -0.05) is 35.5 Å². The van der Waals surface area contributed by atoms with Gasteiger partial charge in [0, 0.05) is 17.2 Å². The Bertz CT molecular complexity index is 854. The topological polar surface area (TPSA) is 95.4 Å². The molecule has 120 valence electrons. The lowest BCUT2D eigenvalue weighted by molar-refractivity contribution is 0.0464. The maximum atomic E-state index is 12.0. The Morgan fingerprint density at radius 2 is 1.67 bits per heavy atom. The highest BCUT2D eigenvalue weighted by Gasteiger charge is 2.11. The van der Waals surface area contributed by atoms with Crippen molar-refractivity contribution in [1.82, 2.24) is 5.16 Å². The number of ether oxygens (including phenoxy) is 1. The molecule has 3 rings (SSSR count). The lowest BCUT2D eigenvalue weighted by atomic mass is 10.1. The van der Waals surface area contributed by atoms with Gasteiger partial charge in [-0.3, -0.25) is 4.79 Å². The van der Waals surface area contributed by atoms with E-state index >= 15 is 0 Å². The zero-order valence-electron chi connectivity index (χ0n) is 12.6. The molecule has 0 atom stereocenters. The predicted molar refractivity (Wildman–Crippen MR) is 86.0 cm³/mol. The summed E-state index contributed by atoms with van der Waals surface area (Å²) in [4.78, 5) is 23.0.